The molecule has 0 rings (SSSR count). The number of esters is 2. The summed E-state index contributed by atoms with van der Waals surface area (Å²) >= 11 is 0. The first-order valence-corrected chi connectivity index (χ1v) is 23.3. The number of ether oxygens (including phenoxy) is 13. The summed E-state index contributed by atoms with van der Waals surface area (Å²) in [6.07, 6.45) is 22.8. The highest BCUT2D eigenvalue weighted by atomic mass is 16.6. The fourth-order valence-electron chi connectivity index (χ4n) is 5.32. The molecule has 0 radical (unpaired) electrons. The van der Waals surface area contributed by atoms with Crippen LogP contribution in [0.1, 0.15) is 96.8 Å². The molecule has 0 atom stereocenters. The van der Waals surface area contributed by atoms with Gasteiger partial charge in [-0.05, 0) is 32.1 Å². The summed E-state index contributed by atoms with van der Waals surface area (Å²) < 4.78 is 70.0. The SMILES string of the molecule is CCCCCCCC/C=C\CCCCCCCC(=O)OCCOCCOCCOCCOCCOCCOCCOCCOCCOCCOCCOCCOC(=O)/C=C\C(=O)O. The number of hydrogen-bond donors (Lipinski definition) is 1. The molecule has 0 bridgehead atoms. The number of aliphatic carboxylic acids is 1. The Kier molecular flexibility index (Phi) is 51.6. The second kappa shape index (κ2) is 53.8. The van der Waals surface area contributed by atoms with Gasteiger partial charge in [0.1, 0.15) is 13.2 Å². The molecule has 0 saturated heterocycles. The highest BCUT2D eigenvalue weighted by Crippen LogP contribution is 2.10. The number of unbranched alkanes of at least 4 members (excludes halogenated alkanes) is 11. The largest absolute Gasteiger partial charge is 0.478 e. The van der Waals surface area contributed by atoms with E-state index in [0.29, 0.717) is 151 Å². The number of hydrogen-bond acceptors (Lipinski definition) is 16. The molecule has 370 valence electrons. The molecule has 0 heterocycles. The van der Waals surface area contributed by atoms with Crippen LogP contribution in [0.4, 0.5) is 0 Å². The van der Waals surface area contributed by atoms with E-state index in [-0.39, 0.29) is 25.8 Å². The smallest absolute Gasteiger partial charge is 0.331 e. The number of carboxylic acids is 1. The molecule has 0 saturated carbocycles. The summed E-state index contributed by atoms with van der Waals surface area (Å²) in [5.41, 5.74) is 0. The lowest BCUT2D eigenvalue weighted by atomic mass is 10.1. The van der Waals surface area contributed by atoms with Crippen molar-refractivity contribution in [1.82, 2.24) is 0 Å². The zero-order chi connectivity index (χ0) is 45.6. The van der Waals surface area contributed by atoms with E-state index in [0.717, 1.165) is 25.3 Å². The zero-order valence-corrected chi connectivity index (χ0v) is 38.7. The Labute approximate surface area is 378 Å². The Morgan fingerprint density at radius 3 is 0.968 bits per heavy atom. The summed E-state index contributed by atoms with van der Waals surface area (Å²) in [4.78, 5) is 33.4. The first-order valence-electron chi connectivity index (χ1n) is 23.3. The van der Waals surface area contributed by atoms with Crippen LogP contribution >= 0.6 is 0 Å². The first kappa shape index (κ1) is 60.5. The summed E-state index contributed by atoms with van der Waals surface area (Å²) in [5.74, 6) is -2.11. The highest BCUT2D eigenvalue weighted by Gasteiger charge is 2.03. The van der Waals surface area contributed by atoms with Crippen molar-refractivity contribution in [1.29, 1.82) is 0 Å². The predicted octanol–water partition coefficient (Wildman–Crippen LogP) is 5.93. The normalized spacial score (nSPS) is 11.6. The first-order chi connectivity index (χ1) is 31.1. The van der Waals surface area contributed by atoms with E-state index in [9.17, 15) is 14.4 Å². The molecule has 17 heteroatoms. The van der Waals surface area contributed by atoms with Gasteiger partial charge in [0.25, 0.3) is 0 Å². The van der Waals surface area contributed by atoms with E-state index in [1.54, 1.807) is 0 Å². The van der Waals surface area contributed by atoms with Crippen LogP contribution < -0.4 is 0 Å². The van der Waals surface area contributed by atoms with Gasteiger partial charge in [0.2, 0.25) is 0 Å². The summed E-state index contributed by atoms with van der Waals surface area (Å²) in [6.45, 7) is 12.1. The fraction of sp³-hybridized carbons (Fsp3) is 0.848. The standard InChI is InChI=1S/C46H84O17/c1-2-3-4-5-6-7-8-9-10-11-12-13-14-15-16-17-45(49)62-42-40-60-38-36-58-34-32-56-30-28-54-26-24-52-22-20-51-21-23-53-25-27-55-29-31-57-33-35-59-37-39-61-41-43-63-46(50)19-18-44(47)48/h9-10,18-19H,2-8,11-17,20-43H2,1H3,(H,47,48)/b10-9-,19-18-. The Morgan fingerprint density at radius 1 is 0.349 bits per heavy atom. The molecular weight excluding hydrogens is 824 g/mol. The van der Waals surface area contributed by atoms with E-state index in [2.05, 4.69) is 19.1 Å². The lowest BCUT2D eigenvalue weighted by Crippen LogP contribution is -2.16. The molecule has 0 aromatic rings. The second-order valence-electron chi connectivity index (χ2n) is 14.1. The average molecular weight is 909 g/mol. The van der Waals surface area contributed by atoms with Gasteiger partial charge < -0.3 is 66.7 Å². The van der Waals surface area contributed by atoms with Crippen LogP contribution in [0.5, 0.6) is 0 Å². The molecule has 0 aliphatic heterocycles. The minimum atomic E-state index is -1.22. The van der Waals surface area contributed by atoms with E-state index in [1.165, 1.54) is 64.2 Å². The van der Waals surface area contributed by atoms with Gasteiger partial charge in [-0.1, -0.05) is 70.4 Å². The highest BCUT2D eigenvalue weighted by molar-refractivity contribution is 5.90. The minimum Gasteiger partial charge on any atom is -0.478 e. The number of carbonyl (C=O) groups is 3. The van der Waals surface area contributed by atoms with Gasteiger partial charge in [0.15, 0.2) is 0 Å². The minimum absolute atomic E-state index is 0.0254. The molecule has 0 spiro atoms. The third kappa shape index (κ3) is 55.5. The Balaban J connectivity index is 3.17. The van der Waals surface area contributed by atoms with Crippen LogP contribution in [0.15, 0.2) is 24.3 Å². The van der Waals surface area contributed by atoms with Crippen molar-refractivity contribution >= 4 is 17.9 Å². The van der Waals surface area contributed by atoms with Crippen molar-refractivity contribution in [2.24, 2.45) is 0 Å². The molecule has 0 unspecified atom stereocenters. The van der Waals surface area contributed by atoms with Crippen molar-refractivity contribution < 1.29 is 81.1 Å². The second-order valence-corrected chi connectivity index (χ2v) is 14.1. The van der Waals surface area contributed by atoms with Gasteiger partial charge in [0, 0.05) is 18.6 Å². The van der Waals surface area contributed by atoms with Crippen LogP contribution in [0.25, 0.3) is 0 Å². The van der Waals surface area contributed by atoms with E-state index >= 15 is 0 Å². The van der Waals surface area contributed by atoms with Crippen LogP contribution in [0.2, 0.25) is 0 Å². The number of allylic oxidation sites excluding steroid dienone is 2. The molecule has 63 heavy (non-hydrogen) atoms. The zero-order valence-electron chi connectivity index (χ0n) is 38.7. The lowest BCUT2D eigenvalue weighted by molar-refractivity contribution is -0.145. The van der Waals surface area contributed by atoms with Crippen LogP contribution in [0.3, 0.4) is 0 Å². The van der Waals surface area contributed by atoms with Gasteiger partial charge in [-0.25, -0.2) is 9.59 Å². The van der Waals surface area contributed by atoms with Crippen molar-refractivity contribution in [3.63, 3.8) is 0 Å². The van der Waals surface area contributed by atoms with Gasteiger partial charge in [-0.2, -0.15) is 0 Å². The molecule has 0 amide bonds. The number of carbonyl (C=O) groups excluding carboxylic acids is 2. The van der Waals surface area contributed by atoms with Gasteiger partial charge >= 0.3 is 17.9 Å². The van der Waals surface area contributed by atoms with Crippen LogP contribution in [-0.2, 0) is 76.0 Å². The van der Waals surface area contributed by atoms with E-state index in [4.69, 9.17) is 66.7 Å². The maximum Gasteiger partial charge on any atom is 0.331 e. The van der Waals surface area contributed by atoms with Crippen LogP contribution in [0, 0.1) is 0 Å². The third-order valence-electron chi connectivity index (χ3n) is 8.69. The lowest BCUT2D eigenvalue weighted by Gasteiger charge is -2.09. The van der Waals surface area contributed by atoms with Gasteiger partial charge in [-0.3, -0.25) is 4.79 Å². The average Bonchev–Trinajstić information content (AvgIpc) is 3.28. The van der Waals surface area contributed by atoms with Crippen molar-refractivity contribution in [3.05, 3.63) is 24.3 Å². The van der Waals surface area contributed by atoms with Crippen molar-refractivity contribution in [3.8, 4) is 0 Å². The number of carboxylic acid groups (broad SMARTS) is 1. The molecule has 0 fully saturated rings. The maximum absolute atomic E-state index is 11.9. The predicted molar refractivity (Wildman–Crippen MR) is 237 cm³/mol. The monoisotopic (exact) mass is 909 g/mol. The molecule has 0 aromatic carbocycles. The molecule has 0 aliphatic carbocycles. The maximum atomic E-state index is 11.9. The summed E-state index contributed by atoms with van der Waals surface area (Å²) in [5, 5.41) is 8.42. The summed E-state index contributed by atoms with van der Waals surface area (Å²) in [6, 6.07) is 0. The van der Waals surface area contributed by atoms with Crippen LogP contribution in [-0.4, -0.2) is 182 Å². The molecule has 0 aromatic heterocycles. The van der Waals surface area contributed by atoms with E-state index < -0.39 is 11.9 Å². The fourth-order valence-corrected chi connectivity index (χ4v) is 5.32. The van der Waals surface area contributed by atoms with Crippen molar-refractivity contribution in [2.45, 2.75) is 96.8 Å². The van der Waals surface area contributed by atoms with Crippen molar-refractivity contribution in [2.75, 3.05) is 159 Å². The Hall–Kier alpha value is -2.55. The molecular formula is C46H84O17. The quantitative estimate of drug-likeness (QED) is 0.0326. The summed E-state index contributed by atoms with van der Waals surface area (Å²) in [7, 11) is 0. The van der Waals surface area contributed by atoms with Gasteiger partial charge in [-0.15, -0.1) is 0 Å². The molecule has 0 aliphatic rings. The Morgan fingerprint density at radius 2 is 0.635 bits per heavy atom. The van der Waals surface area contributed by atoms with E-state index in [1.807, 2.05) is 0 Å². The molecule has 1 N–H and O–H groups in total. The number of rotatable bonds is 53. The third-order valence-corrected chi connectivity index (χ3v) is 8.69. The Bertz CT molecular complexity index is 1030. The topological polar surface area (TPSA) is 191 Å². The molecule has 17 nitrogen and oxygen atoms in total. The van der Waals surface area contributed by atoms with Gasteiger partial charge in [0.05, 0.1) is 145 Å².